The summed E-state index contributed by atoms with van der Waals surface area (Å²) in [5.74, 6) is 0.885. The number of hydrogen-bond donors (Lipinski definition) is 1. The van der Waals surface area contributed by atoms with Crippen LogP contribution in [0.5, 0.6) is 0 Å². The number of rotatable bonds is 3. The zero-order valence-corrected chi connectivity index (χ0v) is 7.79. The van der Waals surface area contributed by atoms with E-state index in [0.717, 1.165) is 18.1 Å². The SMILES string of the molecule is c1ccc(NCc2cscn2)nc1. The van der Waals surface area contributed by atoms with Crippen LogP contribution in [0.25, 0.3) is 0 Å². The van der Waals surface area contributed by atoms with Crippen molar-refractivity contribution in [3.63, 3.8) is 0 Å². The molecule has 0 aliphatic heterocycles. The van der Waals surface area contributed by atoms with Gasteiger partial charge in [-0.15, -0.1) is 11.3 Å². The van der Waals surface area contributed by atoms with Crippen molar-refractivity contribution in [2.75, 3.05) is 5.32 Å². The van der Waals surface area contributed by atoms with Crippen molar-refractivity contribution < 1.29 is 0 Å². The van der Waals surface area contributed by atoms with Crippen molar-refractivity contribution in [1.82, 2.24) is 9.97 Å². The van der Waals surface area contributed by atoms with Crippen LogP contribution in [0.3, 0.4) is 0 Å². The van der Waals surface area contributed by atoms with Crippen LogP contribution >= 0.6 is 11.3 Å². The number of nitrogens with one attached hydrogen (secondary N) is 1. The molecule has 3 nitrogen and oxygen atoms in total. The Morgan fingerprint density at radius 1 is 1.31 bits per heavy atom. The molecule has 2 aromatic heterocycles. The molecule has 0 saturated carbocycles. The van der Waals surface area contributed by atoms with E-state index in [-0.39, 0.29) is 0 Å². The molecule has 0 amide bonds. The van der Waals surface area contributed by atoms with E-state index in [0.29, 0.717) is 0 Å². The van der Waals surface area contributed by atoms with Gasteiger partial charge < -0.3 is 5.32 Å². The Bertz CT molecular complexity index is 344. The first-order chi connectivity index (χ1) is 6.45. The van der Waals surface area contributed by atoms with Crippen LogP contribution in [0.1, 0.15) is 5.69 Å². The third kappa shape index (κ3) is 2.26. The smallest absolute Gasteiger partial charge is 0.126 e. The topological polar surface area (TPSA) is 37.8 Å². The Labute approximate surface area is 80.5 Å². The van der Waals surface area contributed by atoms with E-state index in [1.54, 1.807) is 17.5 Å². The lowest BCUT2D eigenvalue weighted by atomic mass is 10.4. The molecule has 0 bridgehead atoms. The Morgan fingerprint density at radius 3 is 3.00 bits per heavy atom. The molecule has 0 spiro atoms. The van der Waals surface area contributed by atoms with Crippen LogP contribution in [0.4, 0.5) is 5.82 Å². The highest BCUT2D eigenvalue weighted by atomic mass is 32.1. The van der Waals surface area contributed by atoms with Gasteiger partial charge in [-0.25, -0.2) is 9.97 Å². The van der Waals surface area contributed by atoms with Gasteiger partial charge in [0.25, 0.3) is 0 Å². The predicted molar refractivity (Wildman–Crippen MR) is 53.7 cm³/mol. The summed E-state index contributed by atoms with van der Waals surface area (Å²) in [6.45, 7) is 0.737. The fraction of sp³-hybridized carbons (Fsp3) is 0.111. The van der Waals surface area contributed by atoms with E-state index in [1.165, 1.54) is 0 Å². The molecule has 0 aliphatic carbocycles. The van der Waals surface area contributed by atoms with Crippen molar-refractivity contribution in [1.29, 1.82) is 0 Å². The Hall–Kier alpha value is -1.42. The largest absolute Gasteiger partial charge is 0.364 e. The van der Waals surface area contributed by atoms with Crippen molar-refractivity contribution in [2.24, 2.45) is 0 Å². The zero-order chi connectivity index (χ0) is 8.93. The van der Waals surface area contributed by atoms with Gasteiger partial charge >= 0.3 is 0 Å². The summed E-state index contributed by atoms with van der Waals surface area (Å²) in [7, 11) is 0. The molecule has 0 fully saturated rings. The van der Waals surface area contributed by atoms with Crippen LogP contribution in [-0.4, -0.2) is 9.97 Å². The second-order valence-corrected chi connectivity index (χ2v) is 3.27. The molecule has 0 radical (unpaired) electrons. The van der Waals surface area contributed by atoms with E-state index in [4.69, 9.17) is 0 Å². The molecule has 0 unspecified atom stereocenters. The third-order valence-corrected chi connectivity index (χ3v) is 2.23. The summed E-state index contributed by atoms with van der Waals surface area (Å²) in [4.78, 5) is 8.30. The quantitative estimate of drug-likeness (QED) is 0.807. The van der Waals surface area contributed by atoms with Gasteiger partial charge in [0.2, 0.25) is 0 Å². The van der Waals surface area contributed by atoms with E-state index < -0.39 is 0 Å². The second-order valence-electron chi connectivity index (χ2n) is 2.55. The maximum Gasteiger partial charge on any atom is 0.126 e. The van der Waals surface area contributed by atoms with Crippen molar-refractivity contribution >= 4 is 17.2 Å². The molecule has 2 aromatic rings. The highest BCUT2D eigenvalue weighted by molar-refractivity contribution is 7.07. The monoisotopic (exact) mass is 191 g/mol. The third-order valence-electron chi connectivity index (χ3n) is 1.60. The van der Waals surface area contributed by atoms with Gasteiger partial charge in [0.15, 0.2) is 0 Å². The molecule has 66 valence electrons. The van der Waals surface area contributed by atoms with Gasteiger partial charge in [0.05, 0.1) is 17.7 Å². The van der Waals surface area contributed by atoms with Crippen molar-refractivity contribution in [2.45, 2.75) is 6.54 Å². The normalized spacial score (nSPS) is 9.85. The fourth-order valence-corrected chi connectivity index (χ4v) is 1.53. The molecule has 0 saturated heterocycles. The van der Waals surface area contributed by atoms with Gasteiger partial charge in [-0.2, -0.15) is 0 Å². The molecule has 1 N–H and O–H groups in total. The lowest BCUT2D eigenvalue weighted by Crippen LogP contribution is -2.00. The van der Waals surface area contributed by atoms with Crippen LogP contribution in [-0.2, 0) is 6.54 Å². The van der Waals surface area contributed by atoms with Crippen LogP contribution in [0.2, 0.25) is 0 Å². The number of thiazole rings is 1. The lowest BCUT2D eigenvalue weighted by molar-refractivity contribution is 1.05. The first-order valence-corrected chi connectivity index (χ1v) is 4.91. The second kappa shape index (κ2) is 4.00. The van der Waals surface area contributed by atoms with Crippen molar-refractivity contribution in [3.05, 3.63) is 41.0 Å². The van der Waals surface area contributed by atoms with Crippen molar-refractivity contribution in [3.8, 4) is 0 Å². The van der Waals surface area contributed by atoms with Gasteiger partial charge in [0, 0.05) is 11.6 Å². The van der Waals surface area contributed by atoms with E-state index in [1.807, 2.05) is 29.1 Å². The molecule has 4 heteroatoms. The number of aromatic nitrogens is 2. The average Bonchev–Trinajstić information content (AvgIpc) is 2.69. The summed E-state index contributed by atoms with van der Waals surface area (Å²) >= 11 is 1.60. The number of hydrogen-bond acceptors (Lipinski definition) is 4. The van der Waals surface area contributed by atoms with Crippen LogP contribution in [0.15, 0.2) is 35.3 Å². The Morgan fingerprint density at radius 2 is 2.31 bits per heavy atom. The predicted octanol–water partition coefficient (Wildman–Crippen LogP) is 2.15. The lowest BCUT2D eigenvalue weighted by Gasteiger charge is -2.01. The summed E-state index contributed by atoms with van der Waals surface area (Å²) in [6, 6.07) is 5.79. The minimum atomic E-state index is 0.737. The molecule has 2 rings (SSSR count). The summed E-state index contributed by atoms with van der Waals surface area (Å²) in [5.41, 5.74) is 2.88. The van der Waals surface area contributed by atoms with Gasteiger partial charge in [-0.3, -0.25) is 0 Å². The maximum absolute atomic E-state index is 4.16. The fourth-order valence-electron chi connectivity index (χ4n) is 0.973. The molecule has 13 heavy (non-hydrogen) atoms. The maximum atomic E-state index is 4.16. The molecule has 0 atom stereocenters. The number of nitrogens with zero attached hydrogens (tertiary/aromatic N) is 2. The molecule has 0 aromatic carbocycles. The van der Waals surface area contributed by atoms with Crippen LogP contribution in [0, 0.1) is 0 Å². The van der Waals surface area contributed by atoms with Gasteiger partial charge in [-0.1, -0.05) is 6.07 Å². The summed E-state index contributed by atoms with van der Waals surface area (Å²) in [5, 5.41) is 5.20. The van der Waals surface area contributed by atoms with E-state index >= 15 is 0 Å². The zero-order valence-electron chi connectivity index (χ0n) is 6.97. The molecule has 2 heterocycles. The highest BCUT2D eigenvalue weighted by Gasteiger charge is 1.94. The van der Waals surface area contributed by atoms with Gasteiger partial charge in [-0.05, 0) is 12.1 Å². The molecule has 0 aliphatic rings. The average molecular weight is 191 g/mol. The first kappa shape index (κ1) is 8.19. The number of pyridine rings is 1. The standard InChI is InChI=1S/C9H9N3S/c1-2-4-10-9(3-1)11-5-8-6-13-7-12-8/h1-4,6-7H,5H2,(H,10,11). The Kier molecular flexibility index (Phi) is 2.52. The summed E-state index contributed by atoms with van der Waals surface area (Å²) < 4.78 is 0. The first-order valence-electron chi connectivity index (χ1n) is 3.97. The Balaban J connectivity index is 1.94. The summed E-state index contributed by atoms with van der Waals surface area (Å²) in [6.07, 6.45) is 1.77. The molecular formula is C9H9N3S. The van der Waals surface area contributed by atoms with Gasteiger partial charge in [0.1, 0.15) is 5.82 Å². The van der Waals surface area contributed by atoms with E-state index in [2.05, 4.69) is 15.3 Å². The van der Waals surface area contributed by atoms with E-state index in [9.17, 15) is 0 Å². The number of anilines is 1. The van der Waals surface area contributed by atoms with Crippen LogP contribution < -0.4 is 5.32 Å². The highest BCUT2D eigenvalue weighted by Crippen LogP contribution is 2.05. The minimum Gasteiger partial charge on any atom is -0.364 e. The minimum absolute atomic E-state index is 0.737. The molecular weight excluding hydrogens is 182 g/mol.